The molecular formula is C20H13ClN2. The largest absolute Gasteiger partial charge is 0.251 e. The minimum Gasteiger partial charge on any atom is -0.251 e. The van der Waals surface area contributed by atoms with Crippen LogP contribution < -0.4 is 0 Å². The van der Waals surface area contributed by atoms with Gasteiger partial charge in [0.15, 0.2) is 0 Å². The smallest absolute Gasteiger partial charge is 0.102 e. The van der Waals surface area contributed by atoms with E-state index in [4.69, 9.17) is 16.6 Å². The van der Waals surface area contributed by atoms with Crippen LogP contribution in [0, 0.1) is 18.3 Å². The maximum Gasteiger partial charge on any atom is 0.102 e. The summed E-state index contributed by atoms with van der Waals surface area (Å²) in [5.41, 5.74) is 7.68. The minimum absolute atomic E-state index is 0.615. The molecule has 2 nitrogen and oxygen atoms in total. The third kappa shape index (κ3) is 2.05. The molecular weight excluding hydrogens is 304 g/mol. The highest BCUT2D eigenvalue weighted by atomic mass is 35.5. The van der Waals surface area contributed by atoms with Crippen LogP contribution in [0.2, 0.25) is 5.02 Å². The van der Waals surface area contributed by atoms with Crippen LogP contribution in [-0.2, 0) is 6.42 Å². The molecule has 1 aliphatic carbocycles. The van der Waals surface area contributed by atoms with Crippen LogP contribution in [-0.4, -0.2) is 4.98 Å². The van der Waals surface area contributed by atoms with Gasteiger partial charge in [-0.1, -0.05) is 54.1 Å². The van der Waals surface area contributed by atoms with Gasteiger partial charge < -0.3 is 0 Å². The Kier molecular flexibility index (Phi) is 3.18. The number of hydrogen-bond acceptors (Lipinski definition) is 2. The van der Waals surface area contributed by atoms with E-state index in [1.807, 2.05) is 43.3 Å². The van der Waals surface area contributed by atoms with Gasteiger partial charge in [0, 0.05) is 28.1 Å². The van der Waals surface area contributed by atoms with Gasteiger partial charge >= 0.3 is 0 Å². The highest BCUT2D eigenvalue weighted by Gasteiger charge is 2.27. The summed E-state index contributed by atoms with van der Waals surface area (Å²) < 4.78 is 0. The van der Waals surface area contributed by atoms with Crippen LogP contribution in [0.4, 0.5) is 0 Å². The third-order valence-corrected chi connectivity index (χ3v) is 4.70. The summed E-state index contributed by atoms with van der Waals surface area (Å²) in [6.45, 7) is 1.89. The van der Waals surface area contributed by atoms with E-state index in [9.17, 15) is 5.26 Å². The second-order valence-corrected chi connectivity index (χ2v) is 6.11. The van der Waals surface area contributed by atoms with Crippen molar-refractivity contribution in [2.45, 2.75) is 13.3 Å². The molecule has 110 valence electrons. The van der Waals surface area contributed by atoms with Gasteiger partial charge in [0.2, 0.25) is 0 Å². The molecule has 0 unspecified atom stereocenters. The van der Waals surface area contributed by atoms with Gasteiger partial charge in [0.05, 0.1) is 17.0 Å². The van der Waals surface area contributed by atoms with Crippen LogP contribution in [0.25, 0.3) is 22.4 Å². The zero-order valence-electron chi connectivity index (χ0n) is 12.6. The monoisotopic (exact) mass is 316 g/mol. The van der Waals surface area contributed by atoms with Crippen molar-refractivity contribution >= 4 is 11.6 Å². The number of nitrogens with zero attached hydrogens (tertiary/aromatic N) is 2. The third-order valence-electron chi connectivity index (χ3n) is 4.37. The molecule has 0 atom stereocenters. The predicted octanol–water partition coefficient (Wildman–Crippen LogP) is 5.15. The maximum absolute atomic E-state index is 9.67. The number of halogens is 1. The van der Waals surface area contributed by atoms with Crippen molar-refractivity contribution in [3.05, 3.63) is 75.9 Å². The minimum atomic E-state index is 0.615. The second kappa shape index (κ2) is 5.22. The molecule has 0 bridgehead atoms. The molecule has 1 heterocycles. The SMILES string of the molecule is Cc1nc2c(c(-c3ccccc3Cl)c1C#N)Cc1ccccc1-2. The fraction of sp³-hybridized carbons (Fsp3) is 0.100. The lowest BCUT2D eigenvalue weighted by Gasteiger charge is -2.14. The van der Waals surface area contributed by atoms with Crippen molar-refractivity contribution in [1.82, 2.24) is 4.98 Å². The first-order valence-corrected chi connectivity index (χ1v) is 7.85. The van der Waals surface area contributed by atoms with Crippen molar-refractivity contribution in [1.29, 1.82) is 5.26 Å². The van der Waals surface area contributed by atoms with Gasteiger partial charge in [0.25, 0.3) is 0 Å². The molecule has 0 spiro atoms. The molecule has 0 saturated heterocycles. The van der Waals surface area contributed by atoms with E-state index >= 15 is 0 Å². The second-order valence-electron chi connectivity index (χ2n) is 5.70. The van der Waals surface area contributed by atoms with E-state index in [0.29, 0.717) is 10.6 Å². The average molecular weight is 317 g/mol. The van der Waals surface area contributed by atoms with Crippen LogP contribution in [0.15, 0.2) is 48.5 Å². The molecule has 0 amide bonds. The quantitative estimate of drug-likeness (QED) is 0.486. The Hall–Kier alpha value is -2.63. The predicted molar refractivity (Wildman–Crippen MR) is 92.4 cm³/mol. The number of aromatic nitrogens is 1. The number of hydrogen-bond donors (Lipinski definition) is 0. The molecule has 1 aromatic heterocycles. The highest BCUT2D eigenvalue weighted by Crippen LogP contribution is 2.44. The van der Waals surface area contributed by atoms with E-state index in [1.165, 1.54) is 5.56 Å². The zero-order chi connectivity index (χ0) is 16.0. The molecule has 0 radical (unpaired) electrons. The molecule has 0 N–H and O–H groups in total. The first-order chi connectivity index (χ1) is 11.2. The maximum atomic E-state index is 9.67. The summed E-state index contributed by atoms with van der Waals surface area (Å²) in [5.74, 6) is 0. The summed E-state index contributed by atoms with van der Waals surface area (Å²) in [6, 6.07) is 18.3. The molecule has 3 heteroatoms. The van der Waals surface area contributed by atoms with E-state index < -0.39 is 0 Å². The van der Waals surface area contributed by atoms with Crippen LogP contribution in [0.3, 0.4) is 0 Å². The Morgan fingerprint density at radius 3 is 2.48 bits per heavy atom. The first-order valence-electron chi connectivity index (χ1n) is 7.47. The van der Waals surface area contributed by atoms with Crippen molar-refractivity contribution in [2.24, 2.45) is 0 Å². The average Bonchev–Trinajstić information content (AvgIpc) is 2.93. The topological polar surface area (TPSA) is 36.7 Å². The number of nitriles is 1. The Labute approximate surface area is 140 Å². The molecule has 0 aliphatic heterocycles. The molecule has 0 fully saturated rings. The number of fused-ring (bicyclic) bond motifs is 3. The van der Waals surface area contributed by atoms with Crippen LogP contribution >= 0.6 is 11.6 Å². The van der Waals surface area contributed by atoms with Gasteiger partial charge in [-0.05, 0) is 24.1 Å². The molecule has 2 aromatic carbocycles. The fourth-order valence-corrected chi connectivity index (χ4v) is 3.56. The first kappa shape index (κ1) is 14.0. The Morgan fingerprint density at radius 1 is 1.04 bits per heavy atom. The Balaban J connectivity index is 2.10. The van der Waals surface area contributed by atoms with Gasteiger partial charge in [-0.15, -0.1) is 0 Å². The van der Waals surface area contributed by atoms with Crippen molar-refractivity contribution in [2.75, 3.05) is 0 Å². The molecule has 0 saturated carbocycles. The summed E-state index contributed by atoms with van der Waals surface area (Å²) in [5, 5.41) is 10.3. The van der Waals surface area contributed by atoms with E-state index in [0.717, 1.165) is 40.1 Å². The molecule has 1 aliphatic rings. The number of benzene rings is 2. The highest BCUT2D eigenvalue weighted by molar-refractivity contribution is 6.33. The van der Waals surface area contributed by atoms with Gasteiger partial charge in [-0.25, -0.2) is 0 Å². The Morgan fingerprint density at radius 2 is 1.74 bits per heavy atom. The lowest BCUT2D eigenvalue weighted by Crippen LogP contribution is -2.00. The van der Waals surface area contributed by atoms with Crippen LogP contribution in [0.5, 0.6) is 0 Å². The lowest BCUT2D eigenvalue weighted by atomic mass is 9.93. The standard InChI is InChI=1S/C20H13ClN2/c1-12-17(11-22)19(15-8-4-5-9-18(15)21)16-10-13-6-2-3-7-14(13)20(16)23-12/h2-9H,10H2,1H3. The summed E-state index contributed by atoms with van der Waals surface area (Å²) in [4.78, 5) is 4.72. The number of rotatable bonds is 1. The normalized spacial score (nSPS) is 11.7. The van der Waals surface area contributed by atoms with Crippen molar-refractivity contribution in [3.63, 3.8) is 0 Å². The summed E-state index contributed by atoms with van der Waals surface area (Å²) in [7, 11) is 0. The van der Waals surface area contributed by atoms with E-state index in [-0.39, 0.29) is 0 Å². The van der Waals surface area contributed by atoms with Crippen molar-refractivity contribution in [3.8, 4) is 28.5 Å². The number of aryl methyl sites for hydroxylation is 1. The van der Waals surface area contributed by atoms with Crippen molar-refractivity contribution < 1.29 is 0 Å². The summed E-state index contributed by atoms with van der Waals surface area (Å²) in [6.07, 6.45) is 0.786. The van der Waals surface area contributed by atoms with Crippen LogP contribution in [0.1, 0.15) is 22.4 Å². The van der Waals surface area contributed by atoms with Gasteiger partial charge in [0.1, 0.15) is 6.07 Å². The zero-order valence-corrected chi connectivity index (χ0v) is 13.4. The Bertz CT molecular complexity index is 983. The van der Waals surface area contributed by atoms with E-state index in [2.05, 4.69) is 18.2 Å². The van der Waals surface area contributed by atoms with Gasteiger partial charge in [-0.3, -0.25) is 4.98 Å². The van der Waals surface area contributed by atoms with E-state index in [1.54, 1.807) is 0 Å². The number of pyridine rings is 1. The lowest BCUT2D eigenvalue weighted by molar-refractivity contribution is 1.15. The molecule has 23 heavy (non-hydrogen) atoms. The fourth-order valence-electron chi connectivity index (χ4n) is 3.33. The van der Waals surface area contributed by atoms with Gasteiger partial charge in [-0.2, -0.15) is 5.26 Å². The summed E-state index contributed by atoms with van der Waals surface area (Å²) >= 11 is 6.42. The molecule has 4 rings (SSSR count). The molecule has 3 aromatic rings.